The molecule has 0 aliphatic heterocycles. The van der Waals surface area contributed by atoms with Gasteiger partial charge >= 0.3 is 0 Å². The maximum Gasteiger partial charge on any atom is 0.187 e. The topological polar surface area (TPSA) is 17.1 Å². The summed E-state index contributed by atoms with van der Waals surface area (Å²) < 4.78 is 0. The van der Waals surface area contributed by atoms with Crippen molar-refractivity contribution < 1.29 is 4.79 Å². The zero-order valence-corrected chi connectivity index (χ0v) is 14.2. The van der Waals surface area contributed by atoms with E-state index in [9.17, 15) is 4.79 Å². The Labute approximate surface area is 151 Å². The number of benzene rings is 4. The highest BCUT2D eigenvalue weighted by Crippen LogP contribution is 2.29. The normalized spacial score (nSPS) is 11.4. The first-order valence-electron chi connectivity index (χ1n) is 8.11. The Bertz CT molecular complexity index is 1050. The van der Waals surface area contributed by atoms with Gasteiger partial charge < -0.3 is 0 Å². The molecule has 0 unspecified atom stereocenters. The van der Waals surface area contributed by atoms with Gasteiger partial charge in [-0.25, -0.2) is 0 Å². The predicted molar refractivity (Wildman–Crippen MR) is 106 cm³/mol. The molecule has 0 saturated carbocycles. The number of ketones is 1. The fourth-order valence-corrected chi connectivity index (χ4v) is 3.23. The summed E-state index contributed by atoms with van der Waals surface area (Å²) in [6.45, 7) is 0. The monoisotopic (exact) mass is 342 g/mol. The van der Waals surface area contributed by atoms with Crippen molar-refractivity contribution in [3.05, 3.63) is 101 Å². The summed E-state index contributed by atoms with van der Waals surface area (Å²) in [6, 6.07) is 25.6. The first-order valence-corrected chi connectivity index (χ1v) is 8.49. The number of hydrogen-bond donors (Lipinski definition) is 0. The predicted octanol–water partition coefficient (Wildman–Crippen LogP) is 6.54. The molecule has 0 amide bonds. The number of halogens is 1. The van der Waals surface area contributed by atoms with Gasteiger partial charge in [0.15, 0.2) is 5.78 Å². The van der Waals surface area contributed by atoms with E-state index in [0.717, 1.165) is 32.7 Å². The minimum atomic E-state index is 0.00273. The molecule has 4 aromatic rings. The van der Waals surface area contributed by atoms with E-state index in [1.807, 2.05) is 78.9 Å². The van der Waals surface area contributed by atoms with Crippen LogP contribution in [0.15, 0.2) is 84.9 Å². The van der Waals surface area contributed by atoms with E-state index in [1.165, 1.54) is 0 Å². The van der Waals surface area contributed by atoms with E-state index < -0.39 is 0 Å². The van der Waals surface area contributed by atoms with E-state index >= 15 is 0 Å². The van der Waals surface area contributed by atoms with Crippen LogP contribution in [0.5, 0.6) is 0 Å². The van der Waals surface area contributed by atoms with Crippen molar-refractivity contribution in [3.8, 4) is 0 Å². The average Bonchev–Trinajstić information content (AvgIpc) is 2.65. The van der Waals surface area contributed by atoms with Crippen LogP contribution in [0.4, 0.5) is 0 Å². The molecule has 0 aromatic heterocycles. The molecular weight excluding hydrogens is 328 g/mol. The maximum atomic E-state index is 13.0. The van der Waals surface area contributed by atoms with Crippen LogP contribution < -0.4 is 0 Å². The lowest BCUT2D eigenvalue weighted by Gasteiger charge is -2.09. The summed E-state index contributed by atoms with van der Waals surface area (Å²) in [4.78, 5) is 13.0. The van der Waals surface area contributed by atoms with Crippen LogP contribution in [0.3, 0.4) is 0 Å². The quantitative estimate of drug-likeness (QED) is 0.234. The lowest BCUT2D eigenvalue weighted by atomic mass is 9.94. The Balaban J connectivity index is 1.86. The minimum Gasteiger partial charge on any atom is -0.289 e. The summed E-state index contributed by atoms with van der Waals surface area (Å²) in [5, 5.41) is 4.79. The van der Waals surface area contributed by atoms with E-state index in [0.29, 0.717) is 5.02 Å². The SMILES string of the molecule is O=C(/C=C/c1ccc(Cl)cc1)c1c2ccccc2cc2ccccc12. The van der Waals surface area contributed by atoms with Crippen molar-refractivity contribution in [2.24, 2.45) is 0 Å². The second kappa shape index (κ2) is 6.54. The minimum absolute atomic E-state index is 0.00273. The highest BCUT2D eigenvalue weighted by molar-refractivity contribution is 6.30. The first-order chi connectivity index (χ1) is 12.2. The van der Waals surface area contributed by atoms with E-state index in [-0.39, 0.29) is 5.78 Å². The summed E-state index contributed by atoms with van der Waals surface area (Å²) >= 11 is 5.91. The molecule has 1 nitrogen and oxygen atoms in total. The highest BCUT2D eigenvalue weighted by Gasteiger charge is 2.12. The van der Waals surface area contributed by atoms with Gasteiger partial charge in [0.05, 0.1) is 0 Å². The van der Waals surface area contributed by atoms with Crippen molar-refractivity contribution in [2.45, 2.75) is 0 Å². The Morgan fingerprint density at radius 3 is 1.92 bits per heavy atom. The van der Waals surface area contributed by atoms with Gasteiger partial charge in [-0.1, -0.05) is 78.3 Å². The number of carbonyl (C=O) groups excluding carboxylic acids is 1. The second-order valence-corrected chi connectivity index (χ2v) is 6.38. The van der Waals surface area contributed by atoms with Crippen LogP contribution in [-0.2, 0) is 0 Å². The number of carbonyl (C=O) groups is 1. The molecule has 0 atom stereocenters. The van der Waals surface area contributed by atoms with Gasteiger partial charge in [-0.15, -0.1) is 0 Å². The van der Waals surface area contributed by atoms with E-state index in [1.54, 1.807) is 6.08 Å². The average molecular weight is 343 g/mol. The third kappa shape index (κ3) is 3.07. The fourth-order valence-electron chi connectivity index (χ4n) is 3.11. The Hall–Kier alpha value is -2.90. The van der Waals surface area contributed by atoms with Crippen molar-refractivity contribution in [1.29, 1.82) is 0 Å². The third-order valence-corrected chi connectivity index (χ3v) is 4.57. The second-order valence-electron chi connectivity index (χ2n) is 5.94. The zero-order valence-electron chi connectivity index (χ0n) is 13.4. The van der Waals surface area contributed by atoms with Gasteiger partial charge in [0.1, 0.15) is 0 Å². The Morgan fingerprint density at radius 1 is 0.760 bits per heavy atom. The van der Waals surface area contributed by atoms with Gasteiger partial charge in [0.25, 0.3) is 0 Å². The largest absolute Gasteiger partial charge is 0.289 e. The van der Waals surface area contributed by atoms with Gasteiger partial charge in [0.2, 0.25) is 0 Å². The standard InChI is InChI=1S/C23H15ClO/c24-19-12-9-16(10-13-19)11-14-22(25)23-20-7-3-1-5-17(20)15-18-6-2-4-8-21(18)23/h1-15H/b14-11+. The number of allylic oxidation sites excluding steroid dienone is 1. The fraction of sp³-hybridized carbons (Fsp3) is 0. The zero-order chi connectivity index (χ0) is 17.2. The van der Waals surface area contributed by atoms with Gasteiger partial charge in [0, 0.05) is 10.6 Å². The molecule has 0 aliphatic rings. The van der Waals surface area contributed by atoms with Crippen molar-refractivity contribution in [1.82, 2.24) is 0 Å². The van der Waals surface area contributed by atoms with Crippen LogP contribution in [0.1, 0.15) is 15.9 Å². The molecule has 0 fully saturated rings. The smallest absolute Gasteiger partial charge is 0.187 e. The molecule has 0 spiro atoms. The highest BCUT2D eigenvalue weighted by atomic mass is 35.5. The molecule has 4 rings (SSSR count). The van der Waals surface area contributed by atoms with Crippen LogP contribution in [0, 0.1) is 0 Å². The third-order valence-electron chi connectivity index (χ3n) is 4.31. The summed E-state index contributed by atoms with van der Waals surface area (Å²) in [6.07, 6.45) is 3.46. The number of fused-ring (bicyclic) bond motifs is 2. The molecule has 0 N–H and O–H groups in total. The molecule has 120 valence electrons. The van der Waals surface area contributed by atoms with Crippen molar-refractivity contribution in [2.75, 3.05) is 0 Å². The Kier molecular flexibility index (Phi) is 4.09. The summed E-state index contributed by atoms with van der Waals surface area (Å²) in [5.41, 5.74) is 1.70. The Morgan fingerprint density at radius 2 is 1.32 bits per heavy atom. The molecule has 25 heavy (non-hydrogen) atoms. The van der Waals surface area contributed by atoms with Crippen molar-refractivity contribution >= 4 is 45.0 Å². The summed E-state index contributed by atoms with van der Waals surface area (Å²) in [7, 11) is 0. The molecule has 0 heterocycles. The molecule has 2 heteroatoms. The van der Waals surface area contributed by atoms with Gasteiger partial charge in [-0.3, -0.25) is 4.79 Å². The lowest BCUT2D eigenvalue weighted by molar-refractivity contribution is 0.105. The van der Waals surface area contributed by atoms with Crippen LogP contribution in [0.2, 0.25) is 5.02 Å². The molecular formula is C23H15ClO. The maximum absolute atomic E-state index is 13.0. The first kappa shape index (κ1) is 15.6. The number of rotatable bonds is 3. The van der Waals surface area contributed by atoms with E-state index in [2.05, 4.69) is 6.07 Å². The molecule has 0 aliphatic carbocycles. The van der Waals surface area contributed by atoms with Crippen LogP contribution in [-0.4, -0.2) is 5.78 Å². The lowest BCUT2D eigenvalue weighted by Crippen LogP contribution is -1.98. The molecule has 0 saturated heterocycles. The van der Waals surface area contributed by atoms with E-state index in [4.69, 9.17) is 11.6 Å². The van der Waals surface area contributed by atoms with Gasteiger partial charge in [-0.2, -0.15) is 0 Å². The van der Waals surface area contributed by atoms with Crippen LogP contribution >= 0.6 is 11.6 Å². The molecule has 4 aromatic carbocycles. The molecule has 0 radical (unpaired) electrons. The van der Waals surface area contributed by atoms with Crippen molar-refractivity contribution in [3.63, 3.8) is 0 Å². The van der Waals surface area contributed by atoms with Gasteiger partial charge in [-0.05, 0) is 51.4 Å². The number of hydrogen-bond acceptors (Lipinski definition) is 1. The summed E-state index contributed by atoms with van der Waals surface area (Å²) in [5.74, 6) is 0.00273. The van der Waals surface area contributed by atoms with Crippen LogP contribution in [0.25, 0.3) is 27.6 Å². The molecule has 0 bridgehead atoms.